The van der Waals surface area contributed by atoms with Gasteiger partial charge in [0.2, 0.25) is 0 Å². The van der Waals surface area contributed by atoms with Gasteiger partial charge in [-0.3, -0.25) is 0 Å². The molecule has 2 N–H and O–H groups in total. The molecule has 44 heavy (non-hydrogen) atoms. The van der Waals surface area contributed by atoms with Crippen LogP contribution in [-0.4, -0.2) is 95.7 Å². The Bertz CT molecular complexity index is 1060. The van der Waals surface area contributed by atoms with E-state index >= 15 is 0 Å². The zero-order valence-corrected chi connectivity index (χ0v) is 29.8. The Kier molecular flexibility index (Phi) is 15.3. The minimum absolute atomic E-state index is 0.0307. The first-order valence-corrected chi connectivity index (χ1v) is 19.8. The fourth-order valence-corrected chi connectivity index (χ4v) is 6.00. The van der Waals surface area contributed by atoms with E-state index in [-0.39, 0.29) is 42.2 Å². The van der Waals surface area contributed by atoms with Crippen molar-refractivity contribution < 1.29 is 28.6 Å². The van der Waals surface area contributed by atoms with Crippen molar-refractivity contribution in [1.82, 2.24) is 20.4 Å². The molecule has 1 unspecified atom stereocenters. The second kappa shape index (κ2) is 17.8. The Morgan fingerprint density at radius 1 is 1.18 bits per heavy atom. The molecule has 0 aliphatic carbocycles. The lowest BCUT2D eigenvalue weighted by atomic mass is 9.88. The van der Waals surface area contributed by atoms with Crippen molar-refractivity contribution in [2.75, 3.05) is 53.6 Å². The molecule has 10 nitrogen and oxygen atoms in total. The second-order valence-electron chi connectivity index (χ2n) is 14.2. The highest BCUT2D eigenvalue weighted by Crippen LogP contribution is 2.34. The van der Waals surface area contributed by atoms with Crippen molar-refractivity contribution in [3.05, 3.63) is 34.9 Å². The van der Waals surface area contributed by atoms with Gasteiger partial charge in [0.1, 0.15) is 0 Å². The predicted molar refractivity (Wildman–Crippen MR) is 178 cm³/mol. The number of halogens is 1. The van der Waals surface area contributed by atoms with E-state index in [0.29, 0.717) is 37.8 Å². The third-order valence-corrected chi connectivity index (χ3v) is 9.60. The van der Waals surface area contributed by atoms with Gasteiger partial charge in [-0.2, -0.15) is 0 Å². The Hall–Kier alpha value is -2.50. The average Bonchev–Trinajstić information content (AvgIpc) is 2.94. The maximum atomic E-state index is 13.7. The van der Waals surface area contributed by atoms with E-state index in [1.807, 2.05) is 29.2 Å². The van der Waals surface area contributed by atoms with Crippen LogP contribution in [-0.2, 0) is 14.2 Å². The van der Waals surface area contributed by atoms with Gasteiger partial charge in [-0.15, -0.1) is 0 Å². The molecule has 1 aliphatic heterocycles. The van der Waals surface area contributed by atoms with E-state index in [1.165, 1.54) is 7.11 Å². The van der Waals surface area contributed by atoms with Crippen molar-refractivity contribution in [3.8, 4) is 0 Å². The number of amides is 4. The average molecular weight is 655 g/mol. The van der Waals surface area contributed by atoms with Crippen LogP contribution in [0.15, 0.2) is 24.3 Å². The van der Waals surface area contributed by atoms with Crippen LogP contribution < -0.4 is 10.6 Å². The number of benzene rings is 1. The molecular weight excluding hydrogens is 600 g/mol. The van der Waals surface area contributed by atoms with E-state index < -0.39 is 14.2 Å². The molecule has 2 rings (SSSR count). The molecule has 250 valence electrons. The molecule has 1 heterocycles. The molecule has 1 aliphatic rings. The molecule has 0 aromatic heterocycles. The summed E-state index contributed by atoms with van der Waals surface area (Å²) < 4.78 is 16.5. The molecule has 0 radical (unpaired) electrons. The van der Waals surface area contributed by atoms with Gasteiger partial charge in [-0.05, 0) is 54.8 Å². The van der Waals surface area contributed by atoms with Gasteiger partial charge in [0.05, 0.1) is 26.4 Å². The Balaban J connectivity index is 2.09. The first kappa shape index (κ1) is 37.7. The summed E-state index contributed by atoms with van der Waals surface area (Å²) in [6.45, 7) is 15.8. The van der Waals surface area contributed by atoms with E-state index in [0.717, 1.165) is 37.3 Å². The largest absolute Gasteiger partial charge is 0.453 e. The van der Waals surface area contributed by atoms with E-state index in [1.54, 1.807) is 11.9 Å². The highest BCUT2D eigenvalue weighted by atomic mass is 35.5. The molecule has 0 spiro atoms. The van der Waals surface area contributed by atoms with E-state index in [2.05, 4.69) is 55.8 Å². The van der Waals surface area contributed by atoms with Crippen LogP contribution in [0.4, 0.5) is 14.4 Å². The predicted octanol–water partition coefficient (Wildman–Crippen LogP) is 6.78. The SMILES string of the molecule is COC(=O)NCCOC(c1cccc(Cl)c1)[C@@H]1CCCN(C(=O)N[C@@H](CCC(C)(C)C)CN(C)C(=O)OCC[Si](C)(C)C)C1. The van der Waals surface area contributed by atoms with Crippen molar-refractivity contribution >= 4 is 37.9 Å². The van der Waals surface area contributed by atoms with Crippen molar-refractivity contribution in [3.63, 3.8) is 0 Å². The van der Waals surface area contributed by atoms with Crippen LogP contribution in [0.5, 0.6) is 0 Å². The number of nitrogens with one attached hydrogen (secondary N) is 2. The summed E-state index contributed by atoms with van der Waals surface area (Å²) in [5.74, 6) is 0.0307. The van der Waals surface area contributed by atoms with E-state index in [9.17, 15) is 14.4 Å². The molecule has 4 amide bonds. The first-order chi connectivity index (χ1) is 20.6. The lowest BCUT2D eigenvalue weighted by Crippen LogP contribution is -2.52. The van der Waals surface area contributed by atoms with Gasteiger partial charge in [-0.1, -0.05) is 64.1 Å². The third-order valence-electron chi connectivity index (χ3n) is 7.66. The number of likely N-dealkylation sites (tertiary alicyclic amines) is 1. The highest BCUT2D eigenvalue weighted by molar-refractivity contribution is 6.76. The number of likely N-dealkylation sites (N-methyl/N-ethyl adjacent to an activating group) is 1. The van der Waals surface area contributed by atoms with Crippen LogP contribution in [0.3, 0.4) is 0 Å². The summed E-state index contributed by atoms with van der Waals surface area (Å²) in [5.41, 5.74) is 1.01. The van der Waals surface area contributed by atoms with Gasteiger partial charge >= 0.3 is 18.2 Å². The third kappa shape index (κ3) is 14.5. The number of carbonyl (C=O) groups is 3. The lowest BCUT2D eigenvalue weighted by Gasteiger charge is -2.38. The van der Waals surface area contributed by atoms with Gasteiger partial charge in [0.15, 0.2) is 0 Å². The summed E-state index contributed by atoms with van der Waals surface area (Å²) in [6, 6.07) is 8.12. The van der Waals surface area contributed by atoms with Crippen molar-refractivity contribution in [2.45, 2.75) is 84.3 Å². The number of carbonyl (C=O) groups excluding carboxylic acids is 3. The molecule has 12 heteroatoms. The Labute approximate surface area is 270 Å². The maximum Gasteiger partial charge on any atom is 0.409 e. The fraction of sp³-hybridized carbons (Fsp3) is 0.719. The molecule has 3 atom stereocenters. The number of urea groups is 1. The van der Waals surface area contributed by atoms with Crippen LogP contribution in [0.2, 0.25) is 30.7 Å². The molecule has 0 saturated carbocycles. The summed E-state index contributed by atoms with van der Waals surface area (Å²) in [7, 11) is 1.73. The normalized spacial score (nSPS) is 16.9. The quantitative estimate of drug-likeness (QED) is 0.169. The van der Waals surface area contributed by atoms with Gasteiger partial charge in [0, 0.05) is 58.3 Å². The van der Waals surface area contributed by atoms with Crippen molar-refractivity contribution in [2.24, 2.45) is 11.3 Å². The fourth-order valence-electron chi connectivity index (χ4n) is 5.08. The Morgan fingerprint density at radius 2 is 1.91 bits per heavy atom. The number of hydrogen-bond donors (Lipinski definition) is 2. The summed E-state index contributed by atoms with van der Waals surface area (Å²) in [5, 5.41) is 6.48. The number of methoxy groups -OCH3 is 1. The smallest absolute Gasteiger partial charge is 0.409 e. The number of alkyl carbamates (subject to hydrolysis) is 1. The zero-order chi connectivity index (χ0) is 32.9. The molecule has 1 fully saturated rings. The zero-order valence-electron chi connectivity index (χ0n) is 28.0. The lowest BCUT2D eigenvalue weighted by molar-refractivity contribution is -0.00869. The number of rotatable bonds is 14. The molecular formula is C32H55ClN4O6Si. The van der Waals surface area contributed by atoms with Crippen LogP contribution in [0, 0.1) is 11.3 Å². The summed E-state index contributed by atoms with van der Waals surface area (Å²) >= 11 is 6.32. The highest BCUT2D eigenvalue weighted by Gasteiger charge is 2.32. The number of nitrogens with zero attached hydrogens (tertiary/aromatic N) is 2. The molecule has 0 bridgehead atoms. The number of hydrogen-bond acceptors (Lipinski definition) is 6. The van der Waals surface area contributed by atoms with E-state index in [4.69, 9.17) is 21.1 Å². The number of piperidine rings is 1. The van der Waals surface area contributed by atoms with Gasteiger partial charge < -0.3 is 34.6 Å². The summed E-state index contributed by atoms with van der Waals surface area (Å²) in [6.07, 6.45) is 2.15. The first-order valence-electron chi connectivity index (χ1n) is 15.7. The topological polar surface area (TPSA) is 109 Å². The monoisotopic (exact) mass is 654 g/mol. The van der Waals surface area contributed by atoms with Crippen LogP contribution in [0.25, 0.3) is 0 Å². The van der Waals surface area contributed by atoms with Gasteiger partial charge in [0.25, 0.3) is 0 Å². The second-order valence-corrected chi connectivity index (χ2v) is 20.2. The number of ether oxygens (including phenoxy) is 3. The standard InChI is InChI=1S/C32H55ClN4O6Si/c1-32(2,3)15-14-27(23-36(4)31(40)43-19-20-44(6,7)8)35-29(38)37-17-10-12-25(22-37)28(24-11-9-13-26(33)21-24)42-18-16-34-30(39)41-5/h9,11,13,21,25,27-28H,10,12,14-20,22-23H2,1-8H3,(H,34,39)(H,35,38)/t25-,27+,28?/m1/s1. The maximum absolute atomic E-state index is 13.7. The van der Waals surface area contributed by atoms with Gasteiger partial charge in [-0.25, -0.2) is 14.4 Å². The minimum atomic E-state index is -1.32. The molecule has 1 saturated heterocycles. The summed E-state index contributed by atoms with van der Waals surface area (Å²) in [4.78, 5) is 41.3. The van der Waals surface area contributed by atoms with Crippen LogP contribution in [0.1, 0.15) is 58.1 Å². The molecule has 1 aromatic carbocycles. The Morgan fingerprint density at radius 3 is 2.55 bits per heavy atom. The molecule has 1 aromatic rings. The minimum Gasteiger partial charge on any atom is -0.453 e. The van der Waals surface area contributed by atoms with Crippen molar-refractivity contribution in [1.29, 1.82) is 0 Å². The van der Waals surface area contributed by atoms with Crippen LogP contribution >= 0.6 is 11.6 Å².